The van der Waals surface area contributed by atoms with Gasteiger partial charge < -0.3 is 9.64 Å². The fourth-order valence-corrected chi connectivity index (χ4v) is 6.78. The molecule has 6 rings (SSSR count). The summed E-state index contributed by atoms with van der Waals surface area (Å²) in [7, 11) is 0. The van der Waals surface area contributed by atoms with E-state index in [1.54, 1.807) is 6.92 Å². The van der Waals surface area contributed by atoms with Gasteiger partial charge in [-0.25, -0.2) is 0 Å². The van der Waals surface area contributed by atoms with Crippen LogP contribution in [-0.2, 0) is 14.3 Å². The Hall–Kier alpha value is -3.18. The van der Waals surface area contributed by atoms with Crippen LogP contribution in [0, 0.1) is 0 Å². The standard InChI is InChI=1S/C30H32N2O3/c1-3-35-27(33)18-25-23-10-4-5-13-26(23)32(30(25)34)21-14-16-31(17-15-21)29-19(2)22-11-6-8-20-9-7-12-24(29)28(20)22/h4-13,19,21,25,29H,3,14-18H2,1-2H3/t19-,25?,29-/m0/s1. The number of likely N-dealkylation sites (tertiary alicyclic amines) is 1. The van der Waals surface area contributed by atoms with Crippen LogP contribution in [0.2, 0.25) is 0 Å². The first-order valence-electron chi connectivity index (χ1n) is 12.9. The highest BCUT2D eigenvalue weighted by Gasteiger charge is 2.44. The summed E-state index contributed by atoms with van der Waals surface area (Å²) in [6, 6.07) is 21.9. The van der Waals surface area contributed by atoms with Crippen LogP contribution in [0.1, 0.15) is 67.7 Å². The van der Waals surface area contributed by atoms with Crippen molar-refractivity contribution in [1.29, 1.82) is 0 Å². The number of hydrogen-bond acceptors (Lipinski definition) is 4. The number of amides is 1. The lowest BCUT2D eigenvalue weighted by molar-refractivity contribution is -0.144. The maximum atomic E-state index is 13.6. The summed E-state index contributed by atoms with van der Waals surface area (Å²) in [6.45, 7) is 6.40. The predicted octanol–water partition coefficient (Wildman–Crippen LogP) is 5.55. The average molecular weight is 469 g/mol. The average Bonchev–Trinajstić information content (AvgIpc) is 3.32. The van der Waals surface area contributed by atoms with Gasteiger partial charge >= 0.3 is 5.97 Å². The van der Waals surface area contributed by atoms with Crippen LogP contribution in [-0.4, -0.2) is 42.5 Å². The summed E-state index contributed by atoms with van der Waals surface area (Å²) in [5.41, 5.74) is 4.83. The minimum absolute atomic E-state index is 0.0455. The van der Waals surface area contributed by atoms with E-state index in [2.05, 4.69) is 48.2 Å². The Balaban J connectivity index is 1.21. The van der Waals surface area contributed by atoms with Gasteiger partial charge in [-0.15, -0.1) is 0 Å². The number of ether oxygens (including phenoxy) is 1. The van der Waals surface area contributed by atoms with Gasteiger partial charge in [-0.1, -0.05) is 61.5 Å². The van der Waals surface area contributed by atoms with Gasteiger partial charge in [-0.3, -0.25) is 14.5 Å². The highest BCUT2D eigenvalue weighted by Crippen LogP contribution is 2.49. The van der Waals surface area contributed by atoms with Crippen molar-refractivity contribution in [2.24, 2.45) is 0 Å². The second kappa shape index (κ2) is 8.80. The highest BCUT2D eigenvalue weighted by molar-refractivity contribution is 6.07. The topological polar surface area (TPSA) is 49.9 Å². The molecule has 5 nitrogen and oxygen atoms in total. The Kier molecular flexibility index (Phi) is 5.60. The summed E-state index contributed by atoms with van der Waals surface area (Å²) in [6.07, 6.45) is 1.98. The molecule has 2 heterocycles. The summed E-state index contributed by atoms with van der Waals surface area (Å²) in [4.78, 5) is 30.4. The Labute approximate surface area is 206 Å². The zero-order valence-electron chi connectivity index (χ0n) is 20.4. The van der Waals surface area contributed by atoms with Gasteiger partial charge in [0.2, 0.25) is 5.91 Å². The molecule has 1 fully saturated rings. The van der Waals surface area contributed by atoms with Gasteiger partial charge in [0, 0.05) is 36.8 Å². The third-order valence-corrected chi connectivity index (χ3v) is 8.29. The molecule has 3 aliphatic rings. The lowest BCUT2D eigenvalue weighted by atomic mass is 9.93. The van der Waals surface area contributed by atoms with Gasteiger partial charge in [0.15, 0.2) is 0 Å². The maximum Gasteiger partial charge on any atom is 0.306 e. The van der Waals surface area contributed by atoms with E-state index in [-0.39, 0.29) is 24.3 Å². The second-order valence-electron chi connectivity index (χ2n) is 10.1. The lowest BCUT2D eigenvalue weighted by Crippen LogP contribution is -2.48. The molecule has 5 heteroatoms. The van der Waals surface area contributed by atoms with Gasteiger partial charge in [0.25, 0.3) is 0 Å². The highest BCUT2D eigenvalue weighted by atomic mass is 16.5. The van der Waals surface area contributed by atoms with Crippen molar-refractivity contribution in [2.75, 3.05) is 24.6 Å². The third-order valence-electron chi connectivity index (χ3n) is 8.29. The third kappa shape index (κ3) is 3.56. The number of hydrogen-bond donors (Lipinski definition) is 0. The van der Waals surface area contributed by atoms with Crippen molar-refractivity contribution in [3.63, 3.8) is 0 Å². The molecule has 3 aromatic rings. The first kappa shape index (κ1) is 22.3. The second-order valence-corrected chi connectivity index (χ2v) is 10.1. The number of anilines is 1. The van der Waals surface area contributed by atoms with Crippen LogP contribution in [0.4, 0.5) is 5.69 Å². The molecule has 0 radical (unpaired) electrons. The number of rotatable bonds is 5. The van der Waals surface area contributed by atoms with Gasteiger partial charge in [0.1, 0.15) is 0 Å². The minimum atomic E-state index is -0.440. The van der Waals surface area contributed by atoms with E-state index in [0.29, 0.717) is 18.6 Å². The first-order valence-corrected chi connectivity index (χ1v) is 12.9. The Morgan fingerprint density at radius 3 is 2.37 bits per heavy atom. The molecular weight excluding hydrogens is 436 g/mol. The largest absolute Gasteiger partial charge is 0.466 e. The molecule has 1 aliphatic carbocycles. The molecule has 3 aromatic carbocycles. The summed E-state index contributed by atoms with van der Waals surface area (Å²) >= 11 is 0. The minimum Gasteiger partial charge on any atom is -0.466 e. The Bertz CT molecular complexity index is 1290. The number of esters is 1. The van der Waals surface area contributed by atoms with Crippen LogP contribution in [0.15, 0.2) is 60.7 Å². The summed E-state index contributed by atoms with van der Waals surface area (Å²) < 4.78 is 5.16. The van der Waals surface area contributed by atoms with E-state index in [1.165, 1.54) is 21.9 Å². The number of piperidine rings is 1. The Morgan fingerprint density at radius 1 is 0.943 bits per heavy atom. The molecule has 180 valence electrons. The van der Waals surface area contributed by atoms with E-state index in [1.807, 2.05) is 29.2 Å². The van der Waals surface area contributed by atoms with Crippen LogP contribution in [0.3, 0.4) is 0 Å². The van der Waals surface area contributed by atoms with Gasteiger partial charge in [-0.05, 0) is 53.3 Å². The number of para-hydroxylation sites is 1. The Morgan fingerprint density at radius 2 is 1.63 bits per heavy atom. The molecule has 0 N–H and O–H groups in total. The van der Waals surface area contributed by atoms with Crippen molar-refractivity contribution in [3.8, 4) is 0 Å². The van der Waals surface area contributed by atoms with Crippen molar-refractivity contribution in [2.45, 2.75) is 57.0 Å². The molecule has 0 aromatic heterocycles. The van der Waals surface area contributed by atoms with Gasteiger partial charge in [0.05, 0.1) is 18.9 Å². The quantitative estimate of drug-likeness (QED) is 0.461. The molecule has 2 aliphatic heterocycles. The molecule has 0 spiro atoms. The van der Waals surface area contributed by atoms with Crippen LogP contribution in [0.5, 0.6) is 0 Å². The number of nitrogens with zero attached hydrogens (tertiary/aromatic N) is 2. The van der Waals surface area contributed by atoms with Crippen LogP contribution in [0.25, 0.3) is 10.8 Å². The van der Waals surface area contributed by atoms with Gasteiger partial charge in [-0.2, -0.15) is 0 Å². The molecule has 3 atom stereocenters. The van der Waals surface area contributed by atoms with Crippen LogP contribution < -0.4 is 4.90 Å². The SMILES string of the molecule is CCOC(=O)CC1C(=O)N(C2CCN([C@@H]3c4cccc5cccc(c45)[C@@H]3C)CC2)c2ccccc21. The van der Waals surface area contributed by atoms with E-state index in [0.717, 1.165) is 37.2 Å². The fraction of sp³-hybridized carbons (Fsp3) is 0.400. The normalized spacial score (nSPS) is 24.2. The molecule has 0 saturated carbocycles. The summed E-state index contributed by atoms with van der Waals surface area (Å²) in [5.74, 6) is -0.244. The number of carbonyl (C=O) groups is 2. The monoisotopic (exact) mass is 468 g/mol. The number of benzene rings is 3. The van der Waals surface area contributed by atoms with E-state index in [9.17, 15) is 9.59 Å². The van der Waals surface area contributed by atoms with Crippen molar-refractivity contribution >= 4 is 28.3 Å². The molecule has 1 unspecified atom stereocenters. The first-order chi connectivity index (χ1) is 17.1. The zero-order valence-corrected chi connectivity index (χ0v) is 20.4. The van der Waals surface area contributed by atoms with Crippen molar-refractivity contribution in [1.82, 2.24) is 4.90 Å². The summed E-state index contributed by atoms with van der Waals surface area (Å²) in [5, 5.41) is 2.76. The molecule has 0 bridgehead atoms. The predicted molar refractivity (Wildman–Crippen MR) is 138 cm³/mol. The maximum absolute atomic E-state index is 13.6. The fourth-order valence-electron chi connectivity index (χ4n) is 6.78. The molecule has 35 heavy (non-hydrogen) atoms. The molecule has 1 amide bonds. The van der Waals surface area contributed by atoms with Crippen LogP contribution >= 0.6 is 0 Å². The van der Waals surface area contributed by atoms with E-state index < -0.39 is 5.92 Å². The van der Waals surface area contributed by atoms with E-state index >= 15 is 0 Å². The van der Waals surface area contributed by atoms with E-state index in [4.69, 9.17) is 4.74 Å². The lowest BCUT2D eigenvalue weighted by Gasteiger charge is -2.41. The molecule has 1 saturated heterocycles. The number of fused-ring (bicyclic) bond motifs is 1. The van der Waals surface area contributed by atoms with Crippen molar-refractivity contribution < 1.29 is 14.3 Å². The van der Waals surface area contributed by atoms with Crippen molar-refractivity contribution in [3.05, 3.63) is 77.4 Å². The smallest absolute Gasteiger partial charge is 0.306 e. The zero-order chi connectivity index (χ0) is 24.1. The molecular formula is C30H32N2O3. The number of carbonyl (C=O) groups excluding carboxylic acids is 2.